The molecule has 4 atom stereocenters. The molecule has 2 saturated heterocycles. The molecule has 2 aliphatic carbocycles. The Labute approximate surface area is 124 Å². The smallest absolute Gasteiger partial charge is 0.174 e. The number of hydrogen-bond donors (Lipinski definition) is 0. The lowest BCUT2D eigenvalue weighted by atomic mass is 9.58. The monoisotopic (exact) mass is 290 g/mol. The van der Waals surface area contributed by atoms with Crippen LogP contribution in [0.4, 0.5) is 0 Å². The lowest BCUT2D eigenvalue weighted by molar-refractivity contribution is -0.254. The molecule has 0 aromatic rings. The maximum absolute atomic E-state index is 12.3. The molecule has 2 spiro atoms. The number of fused-ring (bicyclic) bond motifs is 3. The molecule has 0 unspecified atom stereocenters. The highest BCUT2D eigenvalue weighted by molar-refractivity contribution is 5.83. The van der Waals surface area contributed by atoms with Gasteiger partial charge in [-0.05, 0) is 30.3 Å². The largest absolute Gasteiger partial charge is 0.362 e. The van der Waals surface area contributed by atoms with E-state index in [1.165, 1.54) is 5.57 Å². The summed E-state index contributed by atoms with van der Waals surface area (Å²) in [4.78, 5) is 12.3. The number of ether oxygens (including phenoxy) is 3. The van der Waals surface area contributed by atoms with Crippen LogP contribution >= 0.6 is 0 Å². The minimum Gasteiger partial charge on any atom is -0.362 e. The molecule has 5 rings (SSSR count). The summed E-state index contributed by atoms with van der Waals surface area (Å²) in [6.45, 7) is 3.68. The SMILES string of the molecule is C[C@@]12CCC3=C[C@H]4CC(=O)C[C@]3(O4)[C@@H]1C1(CC2)OCCO1. The molecular formula is C17H22O4. The standard InChI is InChI=1S/C17H22O4/c1-15-3-2-11-8-13-9-12(18)10-16(11,21-13)14(15)17(5-4-15)19-6-7-20-17/h8,13-14H,2-7,9-10H2,1H3/t13-,14+,15-,16+/m0/s1. The Kier molecular flexibility index (Phi) is 2.31. The van der Waals surface area contributed by atoms with Gasteiger partial charge in [0, 0.05) is 19.3 Å². The van der Waals surface area contributed by atoms with Crippen molar-refractivity contribution in [3.05, 3.63) is 11.6 Å². The van der Waals surface area contributed by atoms with Gasteiger partial charge in [-0.1, -0.05) is 13.0 Å². The van der Waals surface area contributed by atoms with Gasteiger partial charge in [0.15, 0.2) is 5.79 Å². The lowest BCUT2D eigenvalue weighted by Gasteiger charge is -2.54. The normalized spacial score (nSPS) is 50.1. The Balaban J connectivity index is 1.67. The maximum atomic E-state index is 12.3. The Bertz CT molecular complexity index is 547. The fraction of sp³-hybridized carbons (Fsp3) is 0.824. The minimum absolute atomic E-state index is 0.0114. The van der Waals surface area contributed by atoms with Gasteiger partial charge in [0.05, 0.1) is 25.2 Å². The summed E-state index contributed by atoms with van der Waals surface area (Å²) in [5, 5.41) is 0. The molecule has 2 bridgehead atoms. The minimum atomic E-state index is -0.513. The van der Waals surface area contributed by atoms with Crippen LogP contribution in [-0.4, -0.2) is 36.5 Å². The van der Waals surface area contributed by atoms with Gasteiger partial charge in [0.25, 0.3) is 0 Å². The first-order valence-electron chi connectivity index (χ1n) is 8.25. The fourth-order valence-corrected chi connectivity index (χ4v) is 5.91. The topological polar surface area (TPSA) is 44.8 Å². The molecule has 2 saturated carbocycles. The quantitative estimate of drug-likeness (QED) is 0.643. The third-order valence-electron chi connectivity index (χ3n) is 6.57. The average molecular weight is 290 g/mol. The third-order valence-corrected chi connectivity index (χ3v) is 6.57. The van der Waals surface area contributed by atoms with Crippen LogP contribution in [0.5, 0.6) is 0 Å². The van der Waals surface area contributed by atoms with Crippen molar-refractivity contribution in [1.82, 2.24) is 0 Å². The zero-order valence-electron chi connectivity index (χ0n) is 12.5. The predicted molar refractivity (Wildman–Crippen MR) is 74.6 cm³/mol. The molecule has 0 amide bonds. The Morgan fingerprint density at radius 3 is 2.81 bits per heavy atom. The van der Waals surface area contributed by atoms with Gasteiger partial charge in [-0.2, -0.15) is 0 Å². The summed E-state index contributed by atoms with van der Waals surface area (Å²) < 4.78 is 18.7. The second kappa shape index (κ2) is 3.79. The second-order valence-corrected chi connectivity index (χ2v) is 7.75. The number of rotatable bonds is 0. The summed E-state index contributed by atoms with van der Waals surface area (Å²) in [5.74, 6) is -0.0168. The van der Waals surface area contributed by atoms with E-state index in [0.717, 1.165) is 25.7 Å². The molecule has 5 aliphatic rings. The summed E-state index contributed by atoms with van der Waals surface area (Å²) >= 11 is 0. The average Bonchev–Trinajstić information content (AvgIpc) is 3.07. The van der Waals surface area contributed by atoms with E-state index in [4.69, 9.17) is 14.2 Å². The third kappa shape index (κ3) is 1.44. The molecular weight excluding hydrogens is 268 g/mol. The lowest BCUT2D eigenvalue weighted by Crippen LogP contribution is -2.60. The van der Waals surface area contributed by atoms with Crippen molar-refractivity contribution in [3.8, 4) is 0 Å². The molecule has 114 valence electrons. The van der Waals surface area contributed by atoms with Crippen LogP contribution in [0, 0.1) is 11.3 Å². The van der Waals surface area contributed by atoms with E-state index in [1.807, 2.05) is 0 Å². The van der Waals surface area contributed by atoms with E-state index in [2.05, 4.69) is 13.0 Å². The van der Waals surface area contributed by atoms with Crippen LogP contribution in [0.3, 0.4) is 0 Å². The van der Waals surface area contributed by atoms with Crippen LogP contribution in [0.2, 0.25) is 0 Å². The summed E-state index contributed by atoms with van der Waals surface area (Å²) in [7, 11) is 0. The molecule has 4 heteroatoms. The number of Topliss-reactive ketones (excluding diaryl/α,β-unsaturated/α-hetero) is 1. The van der Waals surface area contributed by atoms with Gasteiger partial charge < -0.3 is 14.2 Å². The molecule has 21 heavy (non-hydrogen) atoms. The number of carbonyl (C=O) groups excluding carboxylic acids is 1. The fourth-order valence-electron chi connectivity index (χ4n) is 5.91. The Morgan fingerprint density at radius 1 is 1.19 bits per heavy atom. The highest BCUT2D eigenvalue weighted by atomic mass is 16.7. The van der Waals surface area contributed by atoms with Crippen LogP contribution < -0.4 is 0 Å². The van der Waals surface area contributed by atoms with E-state index in [-0.39, 0.29) is 17.4 Å². The van der Waals surface area contributed by atoms with Crippen LogP contribution in [0.1, 0.15) is 45.4 Å². The summed E-state index contributed by atoms with van der Waals surface area (Å²) in [6.07, 6.45) is 7.54. The summed E-state index contributed by atoms with van der Waals surface area (Å²) in [5.41, 5.74) is 1.07. The first kappa shape index (κ1) is 12.8. The maximum Gasteiger partial charge on any atom is 0.174 e. The van der Waals surface area contributed by atoms with Crippen molar-refractivity contribution in [2.45, 2.75) is 62.9 Å². The number of ketones is 1. The second-order valence-electron chi connectivity index (χ2n) is 7.75. The van der Waals surface area contributed by atoms with Gasteiger partial charge >= 0.3 is 0 Å². The molecule has 0 aromatic heterocycles. The predicted octanol–water partition coefficient (Wildman–Crippen LogP) is 2.37. The number of hydrogen-bond acceptors (Lipinski definition) is 4. The first-order chi connectivity index (χ1) is 10.1. The Morgan fingerprint density at radius 2 is 2.00 bits per heavy atom. The van der Waals surface area contributed by atoms with E-state index in [1.54, 1.807) is 0 Å². The zero-order valence-corrected chi connectivity index (χ0v) is 12.5. The molecule has 3 aliphatic heterocycles. The molecule has 0 radical (unpaired) electrons. The van der Waals surface area contributed by atoms with E-state index in [0.29, 0.717) is 31.8 Å². The zero-order chi connectivity index (χ0) is 14.3. The number of carbonyl (C=O) groups is 1. The highest BCUT2D eigenvalue weighted by Gasteiger charge is 2.71. The van der Waals surface area contributed by atoms with Crippen molar-refractivity contribution in [2.24, 2.45) is 11.3 Å². The van der Waals surface area contributed by atoms with Crippen LogP contribution in [0.25, 0.3) is 0 Å². The first-order valence-corrected chi connectivity index (χ1v) is 8.25. The van der Waals surface area contributed by atoms with Crippen LogP contribution in [-0.2, 0) is 19.0 Å². The van der Waals surface area contributed by atoms with Crippen molar-refractivity contribution in [2.75, 3.05) is 13.2 Å². The summed E-state index contributed by atoms with van der Waals surface area (Å²) in [6, 6.07) is 0. The van der Waals surface area contributed by atoms with Gasteiger partial charge in [-0.3, -0.25) is 4.79 Å². The molecule has 4 nitrogen and oxygen atoms in total. The van der Waals surface area contributed by atoms with E-state index < -0.39 is 11.4 Å². The van der Waals surface area contributed by atoms with Gasteiger partial charge in [0.2, 0.25) is 0 Å². The Hall–Kier alpha value is -0.710. The van der Waals surface area contributed by atoms with E-state index in [9.17, 15) is 4.79 Å². The van der Waals surface area contributed by atoms with Gasteiger partial charge in [-0.25, -0.2) is 0 Å². The molecule has 0 N–H and O–H groups in total. The highest BCUT2D eigenvalue weighted by Crippen LogP contribution is 2.67. The van der Waals surface area contributed by atoms with Crippen molar-refractivity contribution >= 4 is 5.78 Å². The van der Waals surface area contributed by atoms with Crippen molar-refractivity contribution in [1.29, 1.82) is 0 Å². The van der Waals surface area contributed by atoms with Crippen molar-refractivity contribution < 1.29 is 19.0 Å². The van der Waals surface area contributed by atoms with Crippen LogP contribution in [0.15, 0.2) is 11.6 Å². The van der Waals surface area contributed by atoms with Gasteiger partial charge in [0.1, 0.15) is 11.4 Å². The molecule has 3 heterocycles. The molecule has 0 aromatic carbocycles. The van der Waals surface area contributed by atoms with E-state index >= 15 is 0 Å². The van der Waals surface area contributed by atoms with Gasteiger partial charge in [-0.15, -0.1) is 0 Å². The van der Waals surface area contributed by atoms with Crippen molar-refractivity contribution in [3.63, 3.8) is 0 Å². The molecule has 4 fully saturated rings.